The predicted octanol–water partition coefficient (Wildman–Crippen LogP) is 3.33. The van der Waals surface area contributed by atoms with Crippen LogP contribution in [0.3, 0.4) is 0 Å². The smallest absolute Gasteiger partial charge is 0.107 e. The lowest BCUT2D eigenvalue weighted by Crippen LogP contribution is -2.25. The zero-order chi connectivity index (χ0) is 13.5. The number of aromatic nitrogens is 2. The molecule has 0 saturated heterocycles. The maximum Gasteiger partial charge on any atom is 0.107 e. The lowest BCUT2D eigenvalue weighted by molar-refractivity contribution is 0.431. The van der Waals surface area contributed by atoms with Crippen LogP contribution in [0.5, 0.6) is 0 Å². The summed E-state index contributed by atoms with van der Waals surface area (Å²) in [5.74, 6) is 1.73. The van der Waals surface area contributed by atoms with Crippen LogP contribution in [-0.4, -0.2) is 16.5 Å². The Morgan fingerprint density at radius 2 is 2.00 bits per heavy atom. The summed E-state index contributed by atoms with van der Waals surface area (Å²) in [6.45, 7) is 5.48. The third kappa shape index (κ3) is 4.52. The third-order valence-electron chi connectivity index (χ3n) is 3.22. The van der Waals surface area contributed by atoms with Crippen LogP contribution in [0.1, 0.15) is 37.7 Å². The van der Waals surface area contributed by atoms with E-state index in [4.69, 9.17) is 0 Å². The first-order chi connectivity index (χ1) is 9.25. The molecular formula is C16H23N3. The van der Waals surface area contributed by atoms with Crippen molar-refractivity contribution in [1.29, 1.82) is 0 Å². The summed E-state index contributed by atoms with van der Waals surface area (Å²) in [4.78, 5) is 7.39. The number of rotatable bonds is 7. The maximum absolute atomic E-state index is 4.25. The van der Waals surface area contributed by atoms with Gasteiger partial charge >= 0.3 is 0 Å². The number of nitrogens with one attached hydrogen (secondary N) is 2. The van der Waals surface area contributed by atoms with E-state index < -0.39 is 0 Å². The number of benzene rings is 1. The van der Waals surface area contributed by atoms with Gasteiger partial charge < -0.3 is 10.3 Å². The second-order valence-electron chi connectivity index (χ2n) is 5.33. The summed E-state index contributed by atoms with van der Waals surface area (Å²) >= 11 is 0. The number of hydrogen-bond donors (Lipinski definition) is 2. The van der Waals surface area contributed by atoms with E-state index in [0.717, 1.165) is 25.2 Å². The predicted molar refractivity (Wildman–Crippen MR) is 78.9 cm³/mol. The second-order valence-corrected chi connectivity index (χ2v) is 5.33. The lowest BCUT2D eigenvalue weighted by Gasteiger charge is -2.21. The average molecular weight is 257 g/mol. The van der Waals surface area contributed by atoms with Gasteiger partial charge in [-0.3, -0.25) is 0 Å². The molecule has 0 spiro atoms. The fourth-order valence-electron chi connectivity index (χ4n) is 2.29. The summed E-state index contributed by atoms with van der Waals surface area (Å²) < 4.78 is 0. The lowest BCUT2D eigenvalue weighted by atomic mass is 9.97. The van der Waals surface area contributed by atoms with E-state index in [-0.39, 0.29) is 0 Å². The van der Waals surface area contributed by atoms with Crippen molar-refractivity contribution in [3.05, 3.63) is 54.1 Å². The van der Waals surface area contributed by atoms with Gasteiger partial charge in [0.05, 0.1) is 0 Å². The highest BCUT2D eigenvalue weighted by atomic mass is 14.9. The van der Waals surface area contributed by atoms with Crippen molar-refractivity contribution in [1.82, 2.24) is 15.3 Å². The van der Waals surface area contributed by atoms with Crippen LogP contribution in [-0.2, 0) is 6.42 Å². The molecule has 3 heteroatoms. The fourth-order valence-corrected chi connectivity index (χ4v) is 2.29. The molecule has 1 atom stereocenters. The number of nitrogens with zero attached hydrogens (tertiary/aromatic N) is 1. The average Bonchev–Trinajstić information content (AvgIpc) is 2.91. The van der Waals surface area contributed by atoms with Crippen LogP contribution < -0.4 is 5.32 Å². The van der Waals surface area contributed by atoms with Crippen LogP contribution in [0.25, 0.3) is 0 Å². The molecule has 1 heterocycles. The Morgan fingerprint density at radius 1 is 1.21 bits per heavy atom. The SMILES string of the molecule is CC(C)CC(NCCc1ncc[nH]1)c1ccccc1. The standard InChI is InChI=1S/C16H23N3/c1-13(2)12-15(14-6-4-3-5-7-14)17-9-8-16-18-10-11-19-16/h3-7,10-11,13,15,17H,8-9,12H2,1-2H3,(H,18,19). The highest BCUT2D eigenvalue weighted by Gasteiger charge is 2.12. The van der Waals surface area contributed by atoms with Gasteiger partial charge in [-0.2, -0.15) is 0 Å². The maximum atomic E-state index is 4.25. The van der Waals surface area contributed by atoms with Crippen LogP contribution in [0.4, 0.5) is 0 Å². The molecule has 0 saturated carbocycles. The Balaban J connectivity index is 1.91. The molecule has 0 fully saturated rings. The summed E-state index contributed by atoms with van der Waals surface area (Å²) in [7, 11) is 0. The van der Waals surface area contributed by atoms with Crippen LogP contribution in [0, 0.1) is 5.92 Å². The van der Waals surface area contributed by atoms with Crippen LogP contribution >= 0.6 is 0 Å². The number of imidazole rings is 1. The minimum absolute atomic E-state index is 0.427. The summed E-state index contributed by atoms with van der Waals surface area (Å²) in [6, 6.07) is 11.1. The van der Waals surface area contributed by atoms with Crippen molar-refractivity contribution < 1.29 is 0 Å². The first-order valence-corrected chi connectivity index (χ1v) is 7.02. The largest absolute Gasteiger partial charge is 0.349 e. The zero-order valence-corrected chi connectivity index (χ0v) is 11.8. The minimum atomic E-state index is 0.427. The van der Waals surface area contributed by atoms with Crippen molar-refractivity contribution in [2.24, 2.45) is 5.92 Å². The Bertz CT molecular complexity index is 448. The quantitative estimate of drug-likeness (QED) is 0.798. The normalized spacial score (nSPS) is 12.8. The van der Waals surface area contributed by atoms with Gasteiger partial charge in [0.15, 0.2) is 0 Å². The van der Waals surface area contributed by atoms with Gasteiger partial charge in [0, 0.05) is 31.4 Å². The Kier molecular flexibility index (Phi) is 5.16. The molecule has 102 valence electrons. The number of H-pyrrole nitrogens is 1. The van der Waals surface area contributed by atoms with Gasteiger partial charge in [-0.25, -0.2) is 4.98 Å². The van der Waals surface area contributed by atoms with E-state index in [1.807, 2.05) is 6.20 Å². The molecule has 0 aliphatic heterocycles. The van der Waals surface area contributed by atoms with Crippen LogP contribution in [0.15, 0.2) is 42.7 Å². The first-order valence-electron chi connectivity index (χ1n) is 7.02. The highest BCUT2D eigenvalue weighted by Crippen LogP contribution is 2.20. The molecule has 19 heavy (non-hydrogen) atoms. The highest BCUT2D eigenvalue weighted by molar-refractivity contribution is 5.18. The van der Waals surface area contributed by atoms with E-state index in [2.05, 4.69) is 59.5 Å². The first kappa shape index (κ1) is 13.8. The molecule has 1 aromatic heterocycles. The van der Waals surface area contributed by atoms with Gasteiger partial charge in [0.1, 0.15) is 5.82 Å². The third-order valence-corrected chi connectivity index (χ3v) is 3.22. The minimum Gasteiger partial charge on any atom is -0.349 e. The molecule has 0 aliphatic carbocycles. The van der Waals surface area contributed by atoms with Crippen molar-refractivity contribution >= 4 is 0 Å². The van der Waals surface area contributed by atoms with E-state index in [0.29, 0.717) is 12.0 Å². The monoisotopic (exact) mass is 257 g/mol. The molecule has 2 N–H and O–H groups in total. The van der Waals surface area contributed by atoms with Gasteiger partial charge in [-0.15, -0.1) is 0 Å². The van der Waals surface area contributed by atoms with Gasteiger partial charge in [0.2, 0.25) is 0 Å². The van der Waals surface area contributed by atoms with Crippen molar-refractivity contribution in [3.8, 4) is 0 Å². The van der Waals surface area contributed by atoms with Crippen molar-refractivity contribution in [2.75, 3.05) is 6.54 Å². The zero-order valence-electron chi connectivity index (χ0n) is 11.8. The number of aromatic amines is 1. The fraction of sp³-hybridized carbons (Fsp3) is 0.438. The van der Waals surface area contributed by atoms with Gasteiger partial charge in [0.25, 0.3) is 0 Å². The van der Waals surface area contributed by atoms with Gasteiger partial charge in [-0.1, -0.05) is 44.2 Å². The molecule has 3 nitrogen and oxygen atoms in total. The summed E-state index contributed by atoms with van der Waals surface area (Å²) in [5.41, 5.74) is 1.37. The molecule has 1 aromatic carbocycles. The summed E-state index contributed by atoms with van der Waals surface area (Å²) in [6.07, 6.45) is 5.77. The van der Waals surface area contributed by atoms with Crippen molar-refractivity contribution in [2.45, 2.75) is 32.7 Å². The molecule has 0 amide bonds. The Labute approximate surface area is 115 Å². The molecule has 0 bridgehead atoms. The molecule has 2 aromatic rings. The summed E-state index contributed by atoms with van der Waals surface area (Å²) in [5, 5.41) is 3.65. The second kappa shape index (κ2) is 7.10. The van der Waals surface area contributed by atoms with Crippen LogP contribution in [0.2, 0.25) is 0 Å². The Morgan fingerprint density at radius 3 is 2.63 bits per heavy atom. The molecule has 1 unspecified atom stereocenters. The van der Waals surface area contributed by atoms with E-state index >= 15 is 0 Å². The van der Waals surface area contributed by atoms with E-state index in [9.17, 15) is 0 Å². The van der Waals surface area contributed by atoms with E-state index in [1.54, 1.807) is 6.20 Å². The molecule has 0 radical (unpaired) electrons. The molecule has 0 aliphatic rings. The molecule has 2 rings (SSSR count). The van der Waals surface area contributed by atoms with Gasteiger partial charge in [-0.05, 0) is 17.9 Å². The van der Waals surface area contributed by atoms with E-state index in [1.165, 1.54) is 5.56 Å². The molecular weight excluding hydrogens is 234 g/mol. The number of hydrogen-bond acceptors (Lipinski definition) is 2. The topological polar surface area (TPSA) is 40.7 Å². The Hall–Kier alpha value is -1.61. The van der Waals surface area contributed by atoms with Crippen molar-refractivity contribution in [3.63, 3.8) is 0 Å².